The topological polar surface area (TPSA) is 43.1 Å². The lowest BCUT2D eigenvalue weighted by Gasteiger charge is -2.00. The molecule has 0 aliphatic rings. The minimum absolute atomic E-state index is 0.180. The summed E-state index contributed by atoms with van der Waals surface area (Å²) in [6, 6.07) is 7.59. The number of halogens is 1. The summed E-state index contributed by atoms with van der Waals surface area (Å²) in [5.41, 5.74) is 6.08. The molecule has 1 heterocycles. The monoisotopic (exact) mass is 249 g/mol. The molecular formula is C13H12FNOS. The maximum atomic E-state index is 13.1. The fourth-order valence-electron chi connectivity index (χ4n) is 1.58. The zero-order valence-corrected chi connectivity index (χ0v) is 10.2. The summed E-state index contributed by atoms with van der Waals surface area (Å²) in [5, 5.41) is 0. The van der Waals surface area contributed by atoms with Crippen LogP contribution in [0.15, 0.2) is 30.3 Å². The third-order valence-corrected chi connectivity index (χ3v) is 3.64. The SMILES string of the molecule is CCc1ccc(C(=O)c2cc(N)cc(F)c2)s1. The molecule has 1 aromatic carbocycles. The molecule has 0 atom stereocenters. The third-order valence-electron chi connectivity index (χ3n) is 2.42. The first-order chi connectivity index (χ1) is 8.10. The van der Waals surface area contributed by atoms with Gasteiger partial charge in [0.1, 0.15) is 5.82 Å². The number of carbonyl (C=O) groups excluding carboxylic acids is 1. The summed E-state index contributed by atoms with van der Waals surface area (Å²) in [4.78, 5) is 13.8. The summed E-state index contributed by atoms with van der Waals surface area (Å²) >= 11 is 1.43. The van der Waals surface area contributed by atoms with Gasteiger partial charge >= 0.3 is 0 Å². The highest BCUT2D eigenvalue weighted by atomic mass is 32.1. The van der Waals surface area contributed by atoms with Crippen LogP contribution in [-0.2, 0) is 6.42 Å². The fourth-order valence-corrected chi connectivity index (χ4v) is 2.49. The predicted octanol–water partition coefficient (Wildman–Crippen LogP) is 3.26. The molecule has 88 valence electrons. The van der Waals surface area contributed by atoms with E-state index in [0.717, 1.165) is 11.3 Å². The number of nitrogens with two attached hydrogens (primary N) is 1. The van der Waals surface area contributed by atoms with Gasteiger partial charge in [-0.05, 0) is 36.8 Å². The molecule has 2 N–H and O–H groups in total. The fraction of sp³-hybridized carbons (Fsp3) is 0.154. The number of hydrogen-bond donors (Lipinski definition) is 1. The number of hydrogen-bond acceptors (Lipinski definition) is 3. The Labute approximate surface area is 103 Å². The smallest absolute Gasteiger partial charge is 0.203 e. The number of carbonyl (C=O) groups is 1. The molecule has 0 fully saturated rings. The Bertz CT molecular complexity index is 542. The normalized spacial score (nSPS) is 10.5. The molecule has 0 bridgehead atoms. The van der Waals surface area contributed by atoms with E-state index in [1.54, 1.807) is 6.07 Å². The van der Waals surface area contributed by atoms with E-state index in [2.05, 4.69) is 0 Å². The minimum Gasteiger partial charge on any atom is -0.399 e. The van der Waals surface area contributed by atoms with Gasteiger partial charge in [0.15, 0.2) is 0 Å². The van der Waals surface area contributed by atoms with Gasteiger partial charge in [0.25, 0.3) is 0 Å². The van der Waals surface area contributed by atoms with Crippen LogP contribution in [0.1, 0.15) is 27.0 Å². The van der Waals surface area contributed by atoms with Gasteiger partial charge in [0.05, 0.1) is 4.88 Å². The Hall–Kier alpha value is -1.68. The zero-order valence-electron chi connectivity index (χ0n) is 9.37. The molecule has 2 nitrogen and oxygen atoms in total. The Morgan fingerprint density at radius 1 is 1.35 bits per heavy atom. The summed E-state index contributed by atoms with van der Waals surface area (Å²) in [5.74, 6) is -0.665. The highest BCUT2D eigenvalue weighted by molar-refractivity contribution is 7.14. The Kier molecular flexibility index (Phi) is 3.24. The summed E-state index contributed by atoms with van der Waals surface area (Å²) in [7, 11) is 0. The van der Waals surface area contributed by atoms with Gasteiger partial charge in [-0.2, -0.15) is 0 Å². The van der Waals surface area contributed by atoms with Crippen LogP contribution in [0.4, 0.5) is 10.1 Å². The van der Waals surface area contributed by atoms with E-state index >= 15 is 0 Å². The summed E-state index contributed by atoms with van der Waals surface area (Å²) in [6.45, 7) is 2.03. The van der Waals surface area contributed by atoms with E-state index in [-0.39, 0.29) is 11.5 Å². The molecule has 17 heavy (non-hydrogen) atoms. The van der Waals surface area contributed by atoms with Crippen molar-refractivity contribution < 1.29 is 9.18 Å². The molecular weight excluding hydrogens is 237 g/mol. The number of rotatable bonds is 3. The molecule has 2 rings (SSSR count). The summed E-state index contributed by atoms with van der Waals surface area (Å²) < 4.78 is 13.1. The maximum absolute atomic E-state index is 13.1. The molecule has 0 unspecified atom stereocenters. The maximum Gasteiger partial charge on any atom is 0.203 e. The molecule has 0 amide bonds. The Morgan fingerprint density at radius 2 is 2.12 bits per heavy atom. The number of thiophene rings is 1. The van der Waals surface area contributed by atoms with E-state index < -0.39 is 5.82 Å². The van der Waals surface area contributed by atoms with Gasteiger partial charge in [-0.3, -0.25) is 4.79 Å². The van der Waals surface area contributed by atoms with E-state index in [0.29, 0.717) is 10.4 Å². The first kappa shape index (κ1) is 11.8. The largest absolute Gasteiger partial charge is 0.399 e. The van der Waals surface area contributed by atoms with Gasteiger partial charge in [-0.1, -0.05) is 6.92 Å². The van der Waals surface area contributed by atoms with Gasteiger partial charge in [-0.25, -0.2) is 4.39 Å². The van der Waals surface area contributed by atoms with Crippen molar-refractivity contribution >= 4 is 22.8 Å². The van der Waals surface area contributed by atoms with Gasteiger partial charge < -0.3 is 5.73 Å². The highest BCUT2D eigenvalue weighted by Crippen LogP contribution is 2.22. The van der Waals surface area contributed by atoms with Crippen molar-refractivity contribution in [1.82, 2.24) is 0 Å². The van der Waals surface area contributed by atoms with Gasteiger partial charge in [0.2, 0.25) is 5.78 Å². The molecule has 2 aromatic rings. The second-order valence-electron chi connectivity index (χ2n) is 3.72. The Balaban J connectivity index is 2.36. The van der Waals surface area contributed by atoms with Crippen LogP contribution in [0.5, 0.6) is 0 Å². The third kappa shape index (κ3) is 2.53. The predicted molar refractivity (Wildman–Crippen MR) is 67.9 cm³/mol. The first-order valence-electron chi connectivity index (χ1n) is 5.29. The van der Waals surface area contributed by atoms with Crippen molar-refractivity contribution in [1.29, 1.82) is 0 Å². The van der Waals surface area contributed by atoms with E-state index in [4.69, 9.17) is 5.73 Å². The second kappa shape index (κ2) is 4.67. The average molecular weight is 249 g/mol. The van der Waals surface area contributed by atoms with Crippen molar-refractivity contribution in [3.05, 3.63) is 51.5 Å². The molecule has 0 spiro atoms. The number of benzene rings is 1. The number of aryl methyl sites for hydroxylation is 1. The van der Waals surface area contributed by atoms with E-state index in [1.807, 2.05) is 13.0 Å². The van der Waals surface area contributed by atoms with Crippen LogP contribution < -0.4 is 5.73 Å². The zero-order chi connectivity index (χ0) is 12.4. The van der Waals surface area contributed by atoms with Crippen molar-refractivity contribution in [2.45, 2.75) is 13.3 Å². The van der Waals surface area contributed by atoms with Crippen molar-refractivity contribution in [3.63, 3.8) is 0 Å². The lowest BCUT2D eigenvalue weighted by Crippen LogP contribution is -2.00. The van der Waals surface area contributed by atoms with Crippen molar-refractivity contribution in [2.24, 2.45) is 0 Å². The second-order valence-corrected chi connectivity index (χ2v) is 4.89. The van der Waals surface area contributed by atoms with Crippen LogP contribution in [0.3, 0.4) is 0 Å². The standard InChI is InChI=1S/C13H12FNOS/c1-2-11-3-4-12(17-11)13(16)8-5-9(14)7-10(15)6-8/h3-7H,2,15H2,1H3. The molecule has 0 aliphatic carbocycles. The van der Waals surface area contributed by atoms with Crippen molar-refractivity contribution in [3.8, 4) is 0 Å². The minimum atomic E-state index is -0.486. The van der Waals surface area contributed by atoms with Gasteiger partial charge in [-0.15, -0.1) is 11.3 Å². The molecule has 0 saturated carbocycles. The van der Waals surface area contributed by atoms with Crippen molar-refractivity contribution in [2.75, 3.05) is 5.73 Å². The van der Waals surface area contributed by atoms with E-state index in [9.17, 15) is 9.18 Å². The molecule has 4 heteroatoms. The summed E-state index contributed by atoms with van der Waals surface area (Å²) in [6.07, 6.45) is 0.892. The molecule has 0 aliphatic heterocycles. The molecule has 0 saturated heterocycles. The van der Waals surface area contributed by atoms with Crippen LogP contribution in [0.25, 0.3) is 0 Å². The molecule has 1 aromatic heterocycles. The van der Waals surface area contributed by atoms with Crippen LogP contribution in [0, 0.1) is 5.82 Å². The lowest BCUT2D eigenvalue weighted by atomic mass is 10.1. The first-order valence-corrected chi connectivity index (χ1v) is 6.11. The van der Waals surface area contributed by atoms with Crippen LogP contribution >= 0.6 is 11.3 Å². The van der Waals surface area contributed by atoms with Gasteiger partial charge in [0, 0.05) is 16.1 Å². The molecule has 0 radical (unpaired) electrons. The Morgan fingerprint density at radius 3 is 2.71 bits per heavy atom. The lowest BCUT2D eigenvalue weighted by molar-refractivity contribution is 0.104. The highest BCUT2D eigenvalue weighted by Gasteiger charge is 2.13. The van der Waals surface area contributed by atoms with E-state index in [1.165, 1.54) is 29.5 Å². The number of anilines is 1. The quantitative estimate of drug-likeness (QED) is 0.670. The average Bonchev–Trinajstić information content (AvgIpc) is 2.75. The van der Waals surface area contributed by atoms with Crippen LogP contribution in [0.2, 0.25) is 0 Å². The van der Waals surface area contributed by atoms with Crippen LogP contribution in [-0.4, -0.2) is 5.78 Å². The number of nitrogen functional groups attached to an aromatic ring is 1. The number of ketones is 1.